The molecule has 1 unspecified atom stereocenters. The third-order valence-corrected chi connectivity index (χ3v) is 7.43. The summed E-state index contributed by atoms with van der Waals surface area (Å²) >= 11 is 12.6. The highest BCUT2D eigenvalue weighted by molar-refractivity contribution is 6.36. The summed E-state index contributed by atoms with van der Waals surface area (Å²) in [5.74, 6) is 0.449. The van der Waals surface area contributed by atoms with Crippen molar-refractivity contribution in [2.24, 2.45) is 5.92 Å². The highest BCUT2D eigenvalue weighted by atomic mass is 35.5. The molecule has 3 aromatic rings. The van der Waals surface area contributed by atoms with Gasteiger partial charge in [0.15, 0.2) is 11.6 Å². The molecule has 10 heteroatoms. The van der Waals surface area contributed by atoms with E-state index in [0.717, 1.165) is 36.2 Å². The molecule has 8 nitrogen and oxygen atoms in total. The first-order valence-electron chi connectivity index (χ1n) is 12.8. The van der Waals surface area contributed by atoms with E-state index in [4.69, 9.17) is 28.9 Å². The smallest absolute Gasteiger partial charge is 0.320 e. The fourth-order valence-corrected chi connectivity index (χ4v) is 5.32. The van der Waals surface area contributed by atoms with Crippen molar-refractivity contribution < 1.29 is 9.90 Å². The van der Waals surface area contributed by atoms with Crippen molar-refractivity contribution in [3.8, 4) is 11.3 Å². The zero-order valence-electron chi connectivity index (χ0n) is 21.6. The van der Waals surface area contributed by atoms with E-state index in [1.807, 2.05) is 12.1 Å². The second kappa shape index (κ2) is 12.8. The molecule has 2 heterocycles. The minimum Gasteiger partial charge on any atom is -0.480 e. The van der Waals surface area contributed by atoms with Gasteiger partial charge in [0.2, 0.25) is 0 Å². The number of hydrogen-bond donors (Lipinski definition) is 4. The summed E-state index contributed by atoms with van der Waals surface area (Å²) in [5.41, 5.74) is 9.62. The summed E-state index contributed by atoms with van der Waals surface area (Å²) in [5, 5.41) is 16.9. The van der Waals surface area contributed by atoms with Crippen molar-refractivity contribution in [2.75, 3.05) is 24.1 Å². The van der Waals surface area contributed by atoms with Gasteiger partial charge >= 0.3 is 5.97 Å². The van der Waals surface area contributed by atoms with Gasteiger partial charge in [-0.05, 0) is 43.0 Å². The van der Waals surface area contributed by atoms with Gasteiger partial charge in [0.1, 0.15) is 6.04 Å². The molecule has 5 N–H and O–H groups in total. The number of carboxylic acids is 1. The predicted octanol–water partition coefficient (Wildman–Crippen LogP) is 5.31. The number of aliphatic carboxylic acids is 1. The number of nitrogens with zero attached hydrogens (tertiary/aromatic N) is 3. The first-order valence-corrected chi connectivity index (χ1v) is 13.6. The maximum Gasteiger partial charge on any atom is 0.320 e. The van der Waals surface area contributed by atoms with Crippen molar-refractivity contribution in [2.45, 2.75) is 51.9 Å². The molecule has 2 atom stereocenters. The van der Waals surface area contributed by atoms with E-state index in [1.165, 1.54) is 0 Å². The Morgan fingerprint density at radius 3 is 2.58 bits per heavy atom. The molecule has 1 fully saturated rings. The first kappa shape index (κ1) is 28.1. The number of hydrogen-bond acceptors (Lipinski definition) is 7. The van der Waals surface area contributed by atoms with Gasteiger partial charge in [-0.15, -0.1) is 0 Å². The lowest BCUT2D eigenvalue weighted by Crippen LogP contribution is -2.51. The van der Waals surface area contributed by atoms with Crippen LogP contribution in [0.5, 0.6) is 0 Å². The third kappa shape index (κ3) is 7.14. The van der Waals surface area contributed by atoms with Crippen LogP contribution in [0, 0.1) is 5.92 Å². The molecule has 38 heavy (non-hydrogen) atoms. The molecule has 1 aliphatic heterocycles. The normalized spacial score (nSPS) is 17.6. The Morgan fingerprint density at radius 1 is 1.21 bits per heavy atom. The molecule has 1 aliphatic rings. The molecular weight excluding hydrogens is 523 g/mol. The highest BCUT2D eigenvalue weighted by Gasteiger charge is 2.30. The number of anilines is 2. The van der Waals surface area contributed by atoms with Gasteiger partial charge in [0, 0.05) is 46.8 Å². The summed E-state index contributed by atoms with van der Waals surface area (Å²) in [6.07, 6.45) is 3.20. The Labute approximate surface area is 233 Å². The minimum absolute atomic E-state index is 0.225. The molecule has 0 aliphatic carbocycles. The monoisotopic (exact) mass is 556 g/mol. The van der Waals surface area contributed by atoms with E-state index in [9.17, 15) is 9.90 Å². The lowest BCUT2D eigenvalue weighted by molar-refractivity contribution is -0.140. The number of aromatic nitrogens is 2. The number of carboxylic acid groups (broad SMARTS) is 1. The number of carbonyl (C=O) groups is 1. The minimum atomic E-state index is -0.781. The standard InChI is InChI=1S/C28H34Cl2N6O2/c1-17(2)15-36(20-10-11-32-24(12-20)28(37)38)16-18-6-8-19(9-7-18)25-14-33-26(31)27(35-25)34-13-21-22(29)4-3-5-23(21)30/h3-9,14,17,20,24,32H,10-13,15-16H2,1-2H3,(H2,31,33)(H,34,35)(H,37,38)/t20?,24-/m1/s1. The highest BCUT2D eigenvalue weighted by Crippen LogP contribution is 2.27. The number of nitrogen functional groups attached to an aromatic ring is 1. The van der Waals surface area contributed by atoms with E-state index in [1.54, 1.807) is 24.4 Å². The molecule has 1 aromatic heterocycles. The lowest BCUT2D eigenvalue weighted by Gasteiger charge is -2.38. The predicted molar refractivity (Wildman–Crippen MR) is 153 cm³/mol. The fourth-order valence-electron chi connectivity index (χ4n) is 4.79. The molecule has 1 saturated heterocycles. The van der Waals surface area contributed by atoms with Gasteiger partial charge < -0.3 is 21.5 Å². The Morgan fingerprint density at radius 2 is 1.92 bits per heavy atom. The van der Waals surface area contributed by atoms with Crippen LogP contribution < -0.4 is 16.4 Å². The van der Waals surface area contributed by atoms with Crippen molar-refractivity contribution in [1.29, 1.82) is 0 Å². The van der Waals surface area contributed by atoms with E-state index < -0.39 is 12.0 Å². The Bertz CT molecular complexity index is 1230. The molecule has 2 aromatic carbocycles. The second-order valence-electron chi connectivity index (χ2n) is 10.1. The Balaban J connectivity index is 1.47. The number of piperidine rings is 1. The van der Waals surface area contributed by atoms with E-state index in [-0.39, 0.29) is 6.04 Å². The van der Waals surface area contributed by atoms with Crippen molar-refractivity contribution >= 4 is 40.8 Å². The summed E-state index contributed by atoms with van der Waals surface area (Å²) in [7, 11) is 0. The topological polar surface area (TPSA) is 116 Å². The Hall–Kier alpha value is -2.91. The second-order valence-corrected chi connectivity index (χ2v) is 10.9. The number of nitrogens with two attached hydrogens (primary N) is 1. The average Bonchev–Trinajstić information content (AvgIpc) is 2.89. The van der Waals surface area contributed by atoms with E-state index >= 15 is 0 Å². The van der Waals surface area contributed by atoms with Crippen LogP contribution >= 0.6 is 23.2 Å². The van der Waals surface area contributed by atoms with Crippen LogP contribution in [0.3, 0.4) is 0 Å². The largest absolute Gasteiger partial charge is 0.480 e. The molecular formula is C28H34Cl2N6O2. The van der Waals surface area contributed by atoms with Crippen LogP contribution in [0.4, 0.5) is 11.6 Å². The van der Waals surface area contributed by atoms with E-state index in [2.05, 4.69) is 51.5 Å². The van der Waals surface area contributed by atoms with Gasteiger partial charge in [0.25, 0.3) is 0 Å². The van der Waals surface area contributed by atoms with Crippen molar-refractivity contribution in [3.05, 3.63) is 69.8 Å². The number of benzene rings is 2. The van der Waals surface area contributed by atoms with E-state index in [0.29, 0.717) is 52.8 Å². The number of rotatable bonds is 10. The Kier molecular flexibility index (Phi) is 9.44. The van der Waals surface area contributed by atoms with Crippen LogP contribution in [-0.2, 0) is 17.9 Å². The van der Waals surface area contributed by atoms with Gasteiger partial charge in [-0.3, -0.25) is 9.69 Å². The zero-order chi connectivity index (χ0) is 27.2. The summed E-state index contributed by atoms with van der Waals surface area (Å²) in [4.78, 5) is 23.0. The van der Waals surface area contributed by atoms with Crippen molar-refractivity contribution in [1.82, 2.24) is 20.2 Å². The van der Waals surface area contributed by atoms with Crippen LogP contribution in [0.15, 0.2) is 48.7 Å². The summed E-state index contributed by atoms with van der Waals surface area (Å²) in [6, 6.07) is 13.3. The number of nitrogens with one attached hydrogen (secondary N) is 2. The molecule has 0 radical (unpaired) electrons. The quantitative estimate of drug-likeness (QED) is 0.265. The molecule has 0 saturated carbocycles. The lowest BCUT2D eigenvalue weighted by atomic mass is 9.96. The van der Waals surface area contributed by atoms with Crippen LogP contribution in [0.1, 0.15) is 37.8 Å². The zero-order valence-corrected chi connectivity index (χ0v) is 23.1. The molecule has 4 rings (SSSR count). The maximum atomic E-state index is 11.5. The molecule has 202 valence electrons. The van der Waals surface area contributed by atoms with Crippen molar-refractivity contribution in [3.63, 3.8) is 0 Å². The first-order chi connectivity index (χ1) is 18.2. The van der Waals surface area contributed by atoms with Crippen LogP contribution in [0.25, 0.3) is 11.3 Å². The maximum absolute atomic E-state index is 11.5. The van der Waals surface area contributed by atoms with Gasteiger partial charge in [-0.25, -0.2) is 9.97 Å². The molecule has 0 bridgehead atoms. The third-order valence-electron chi connectivity index (χ3n) is 6.72. The molecule has 0 amide bonds. The molecule has 0 spiro atoms. The number of halogens is 2. The van der Waals surface area contributed by atoms with Gasteiger partial charge in [0.05, 0.1) is 11.9 Å². The van der Waals surface area contributed by atoms with Gasteiger partial charge in [-0.1, -0.05) is 67.4 Å². The average molecular weight is 558 g/mol. The van der Waals surface area contributed by atoms with Crippen LogP contribution in [-0.4, -0.2) is 51.1 Å². The summed E-state index contributed by atoms with van der Waals surface area (Å²) < 4.78 is 0. The van der Waals surface area contributed by atoms with Crippen LogP contribution in [0.2, 0.25) is 10.0 Å². The fraction of sp³-hybridized carbons (Fsp3) is 0.393. The van der Waals surface area contributed by atoms with Gasteiger partial charge in [-0.2, -0.15) is 0 Å². The SMILES string of the molecule is CC(C)CN(Cc1ccc(-c2cnc(N)c(NCc3c(Cl)cccc3Cl)n2)cc1)C1CCN[C@@H](C(=O)O)C1. The summed E-state index contributed by atoms with van der Waals surface area (Å²) in [6.45, 7) is 7.13.